The number of carbonyl (C=O) groups excluding carboxylic acids is 9. The third-order valence-electron chi connectivity index (χ3n) is 11.5. The molecule has 0 aromatic rings. The number of likely N-dealkylation sites (tertiary alicyclic amines) is 3. The molecule has 28 heteroatoms. The molecule has 0 spiro atoms. The summed E-state index contributed by atoms with van der Waals surface area (Å²) >= 11 is 0. The Morgan fingerprint density at radius 2 is 0.829 bits per heavy atom. The van der Waals surface area contributed by atoms with Crippen LogP contribution in [0.4, 0.5) is 0 Å². The van der Waals surface area contributed by atoms with Crippen molar-refractivity contribution in [2.75, 3.05) is 218 Å². The molecule has 3 heterocycles. The smallest absolute Gasteiger partial charge is 0.328 e. The fourth-order valence-electron chi connectivity index (χ4n) is 6.69. The summed E-state index contributed by atoms with van der Waals surface area (Å²) in [6.45, 7) is 16.3. The number of hydrogen-bond acceptors (Lipinski definition) is 20. The van der Waals surface area contributed by atoms with Crippen molar-refractivity contribution in [2.24, 2.45) is 0 Å². The maximum Gasteiger partial charge on any atom is 0.328 e. The lowest BCUT2D eigenvalue weighted by molar-refractivity contribution is -0.178. The van der Waals surface area contributed by atoms with Crippen molar-refractivity contribution in [3.63, 3.8) is 0 Å². The summed E-state index contributed by atoms with van der Waals surface area (Å²) in [5, 5.41) is 2.35. The van der Waals surface area contributed by atoms with Crippen molar-refractivity contribution in [2.45, 2.75) is 85.1 Å². The average Bonchev–Trinajstić information content (AvgIpc) is 4.27. The Morgan fingerprint density at radius 3 is 1.18 bits per heavy atom. The van der Waals surface area contributed by atoms with Gasteiger partial charge >= 0.3 is 5.97 Å². The first kappa shape index (κ1) is 85.6. The number of piperidine rings is 1. The molecule has 0 saturated carbocycles. The number of methoxy groups -OCH3 is 9. The molecule has 0 aliphatic carbocycles. The quantitative estimate of drug-likeness (QED) is 0.0967. The van der Waals surface area contributed by atoms with E-state index in [2.05, 4.69) is 28.5 Å². The molecule has 0 N–H and O–H groups in total. The Hall–Kier alpha value is -5.17. The summed E-state index contributed by atoms with van der Waals surface area (Å²) in [6.07, 6.45) is 7.74. The summed E-state index contributed by atoms with van der Waals surface area (Å²) in [7, 11) is 23.0. The minimum atomic E-state index is -0.389. The number of amides is 8. The van der Waals surface area contributed by atoms with Gasteiger partial charge in [-0.25, -0.2) is 14.9 Å². The number of rotatable bonds is 24. The molecular formula is C54H108N8O20. The lowest BCUT2D eigenvalue weighted by atomic mass is 10.1. The van der Waals surface area contributed by atoms with Crippen LogP contribution in [0.15, 0.2) is 0 Å². The summed E-state index contributed by atoms with van der Waals surface area (Å²) < 4.78 is 42.1. The molecule has 0 aromatic heterocycles. The molecule has 82 heavy (non-hydrogen) atoms. The number of hydrogen-bond donors (Lipinski definition) is 0. The van der Waals surface area contributed by atoms with Crippen LogP contribution in [-0.4, -0.2) is 317 Å². The maximum atomic E-state index is 11.7. The zero-order valence-electron chi connectivity index (χ0n) is 53.5. The standard InChI is InChI=1S/C10H17NO4.C8H15NO2.C7H13NO2.C7H15NO2.C6H13NO3.C6H13NO2.C5H11NO3.C5H11NO2/c1-14-7-5-9(12)11-6-3-4-8(11)10(13)15-2;1-11-7-8(10)9-5-3-2-4-6-9;1-10-6-7(9)8-4-2-3-5-8;1-4-8(5-2)7(9)6-10-3;1-4-7(10-3)6(8)5-9-2;1-4-7(2)6(8)5-9-3;1-6(9-3)5(7)4-8-2;1-6(2)5(7)4-8-3/h8H,3-7H2,1-2H3;2-7H2,1H3;2-6H2,1H3;4-6H2,1-3H3;4-5H2,1-3H3;4-5H2,1-3H3;4H2,1-3H3;4H2,1-3H3. The highest BCUT2D eigenvalue weighted by molar-refractivity contribution is 5.85. The lowest BCUT2D eigenvalue weighted by Gasteiger charge is -2.26. The molecule has 3 aliphatic rings. The van der Waals surface area contributed by atoms with Gasteiger partial charge in [0.25, 0.3) is 11.8 Å². The first-order valence-electron chi connectivity index (χ1n) is 27.2. The molecule has 28 nitrogen and oxygen atoms in total. The number of likely N-dealkylation sites (N-methyl/N-ethyl adjacent to an activating group) is 5. The van der Waals surface area contributed by atoms with E-state index in [-0.39, 0.29) is 106 Å². The summed E-state index contributed by atoms with van der Waals surface area (Å²) in [5.74, 6) is -0.372. The number of hydroxylamine groups is 4. The van der Waals surface area contributed by atoms with Crippen molar-refractivity contribution < 1.29 is 95.5 Å². The van der Waals surface area contributed by atoms with E-state index in [0.29, 0.717) is 32.5 Å². The van der Waals surface area contributed by atoms with E-state index in [4.69, 9.17) is 23.8 Å². The fourth-order valence-corrected chi connectivity index (χ4v) is 6.69. The van der Waals surface area contributed by atoms with Crippen molar-refractivity contribution in [3.8, 4) is 0 Å². The third-order valence-corrected chi connectivity index (χ3v) is 11.5. The van der Waals surface area contributed by atoms with Gasteiger partial charge in [-0.1, -0.05) is 0 Å². The highest BCUT2D eigenvalue weighted by atomic mass is 16.7. The highest BCUT2D eigenvalue weighted by Crippen LogP contribution is 2.19. The van der Waals surface area contributed by atoms with Crippen LogP contribution >= 0.6 is 0 Å². The number of ether oxygens (including phenoxy) is 9. The molecule has 3 rings (SSSR count). The third kappa shape index (κ3) is 45.4. The van der Waals surface area contributed by atoms with Crippen molar-refractivity contribution in [3.05, 3.63) is 0 Å². The minimum Gasteiger partial charge on any atom is -0.467 e. The zero-order valence-corrected chi connectivity index (χ0v) is 53.5. The Labute approximate surface area is 490 Å². The molecule has 0 bridgehead atoms. The van der Waals surface area contributed by atoms with Crippen LogP contribution in [0.3, 0.4) is 0 Å². The van der Waals surface area contributed by atoms with Gasteiger partial charge in [0.05, 0.1) is 34.4 Å². The van der Waals surface area contributed by atoms with E-state index < -0.39 is 0 Å². The Kier molecular flexibility index (Phi) is 61.6. The van der Waals surface area contributed by atoms with E-state index in [9.17, 15) is 43.2 Å². The molecule has 1 unspecified atom stereocenters. The van der Waals surface area contributed by atoms with Crippen LogP contribution in [0.1, 0.15) is 79.1 Å². The number of esters is 1. The van der Waals surface area contributed by atoms with Crippen LogP contribution in [0.5, 0.6) is 0 Å². The average molecular weight is 1190 g/mol. The maximum absolute atomic E-state index is 11.7. The first-order valence-corrected chi connectivity index (χ1v) is 27.2. The topological polar surface area (TPSA) is 281 Å². The second kappa shape index (κ2) is 59.0. The van der Waals surface area contributed by atoms with Gasteiger partial charge in [-0.05, 0) is 72.6 Å². The van der Waals surface area contributed by atoms with Crippen LogP contribution in [0.2, 0.25) is 0 Å². The molecule has 3 saturated heterocycles. The van der Waals surface area contributed by atoms with Crippen LogP contribution in [0.25, 0.3) is 0 Å². The number of nitrogens with zero attached hydrogens (tertiary/aromatic N) is 8. The molecular weight excluding hydrogens is 1080 g/mol. The van der Waals surface area contributed by atoms with E-state index in [1.54, 1.807) is 57.2 Å². The zero-order chi connectivity index (χ0) is 63.8. The molecule has 0 aromatic carbocycles. The monoisotopic (exact) mass is 1190 g/mol. The van der Waals surface area contributed by atoms with Gasteiger partial charge < -0.3 is 72.0 Å². The van der Waals surface area contributed by atoms with E-state index in [1.807, 2.05) is 37.5 Å². The van der Waals surface area contributed by atoms with Gasteiger partial charge in [-0.2, -0.15) is 0 Å². The summed E-state index contributed by atoms with van der Waals surface area (Å²) in [4.78, 5) is 119. The molecule has 3 aliphatic heterocycles. The van der Waals surface area contributed by atoms with Crippen molar-refractivity contribution in [1.29, 1.82) is 0 Å². The van der Waals surface area contributed by atoms with Crippen LogP contribution < -0.4 is 0 Å². The molecule has 1 atom stereocenters. The first-order chi connectivity index (χ1) is 39.0. The largest absolute Gasteiger partial charge is 0.467 e. The Balaban J connectivity index is -0.000000278. The molecule has 8 amide bonds. The molecule has 484 valence electrons. The van der Waals surface area contributed by atoms with Gasteiger partial charge in [0, 0.05) is 144 Å². The van der Waals surface area contributed by atoms with E-state index >= 15 is 0 Å². The van der Waals surface area contributed by atoms with E-state index in [1.165, 1.54) is 80.3 Å². The van der Waals surface area contributed by atoms with Gasteiger partial charge in [-0.15, -0.1) is 0 Å². The second-order valence-electron chi connectivity index (χ2n) is 17.7. The fraction of sp³-hybridized carbons (Fsp3) is 0.833. The van der Waals surface area contributed by atoms with Gasteiger partial charge in [0.2, 0.25) is 35.4 Å². The minimum absolute atomic E-state index is 0.00694. The molecule has 0 radical (unpaired) electrons. The number of carbonyl (C=O) groups is 9. The van der Waals surface area contributed by atoms with Crippen LogP contribution in [-0.2, 0) is 95.5 Å². The normalized spacial score (nSPS) is 13.6. The van der Waals surface area contributed by atoms with Crippen molar-refractivity contribution in [1.82, 2.24) is 39.5 Å². The summed E-state index contributed by atoms with van der Waals surface area (Å²) in [5.41, 5.74) is 0. The van der Waals surface area contributed by atoms with Gasteiger partial charge in [-0.3, -0.25) is 48.0 Å². The van der Waals surface area contributed by atoms with Crippen molar-refractivity contribution >= 4 is 53.2 Å². The lowest BCUT2D eigenvalue weighted by Crippen LogP contribution is -2.41. The SMILES string of the molecule is CCN(C)C(=O)COC.CCN(CC)C(=O)COC.CCN(OC)C(=O)COC.COCC(=O)N(C)C.COCC(=O)N(C)OC.COCC(=O)N1CCCC1.COCC(=O)N1CCCCC1.COCCC(=O)N1CCCC1C(=O)OC. The second-order valence-corrected chi connectivity index (χ2v) is 17.7. The van der Waals surface area contributed by atoms with E-state index in [0.717, 1.165) is 83.0 Å². The van der Waals surface area contributed by atoms with Gasteiger partial charge in [0.1, 0.15) is 52.3 Å². The van der Waals surface area contributed by atoms with Gasteiger partial charge in [0.15, 0.2) is 0 Å². The Morgan fingerprint density at radius 1 is 0.415 bits per heavy atom. The predicted octanol–water partition coefficient (Wildman–Crippen LogP) is 1.12. The highest BCUT2D eigenvalue weighted by Gasteiger charge is 2.34. The van der Waals surface area contributed by atoms with Crippen LogP contribution in [0, 0.1) is 0 Å². The Bertz CT molecular complexity index is 1580. The predicted molar refractivity (Wildman–Crippen MR) is 307 cm³/mol. The summed E-state index contributed by atoms with van der Waals surface area (Å²) in [6, 6.07) is -0.389. The molecule has 3 fully saturated rings.